The lowest BCUT2D eigenvalue weighted by Crippen LogP contribution is -2.52. The molecular formula is C24H29ClN4O3. The van der Waals surface area contributed by atoms with E-state index in [0.29, 0.717) is 30.3 Å². The van der Waals surface area contributed by atoms with Crippen molar-refractivity contribution in [1.29, 1.82) is 0 Å². The SMILES string of the molecule is CC1CC(=O)Nc2ccccc2N1C(=O)CN1CCN(CCOc2ccc(Cl)cc2)CC1. The molecule has 2 heterocycles. The van der Waals surface area contributed by atoms with Gasteiger partial charge in [-0.15, -0.1) is 0 Å². The molecule has 1 unspecified atom stereocenters. The average Bonchev–Trinajstić information content (AvgIpc) is 2.90. The van der Waals surface area contributed by atoms with E-state index in [2.05, 4.69) is 15.1 Å². The molecule has 32 heavy (non-hydrogen) atoms. The summed E-state index contributed by atoms with van der Waals surface area (Å²) >= 11 is 5.90. The van der Waals surface area contributed by atoms with Crippen molar-refractivity contribution in [2.75, 3.05) is 56.1 Å². The highest BCUT2D eigenvalue weighted by molar-refractivity contribution is 6.30. The van der Waals surface area contributed by atoms with Gasteiger partial charge in [0.2, 0.25) is 11.8 Å². The van der Waals surface area contributed by atoms with E-state index in [1.807, 2.05) is 55.5 Å². The van der Waals surface area contributed by atoms with Gasteiger partial charge in [-0.1, -0.05) is 23.7 Å². The number of benzene rings is 2. The topological polar surface area (TPSA) is 65.1 Å². The quantitative estimate of drug-likeness (QED) is 0.723. The molecule has 0 spiro atoms. The first-order valence-electron chi connectivity index (χ1n) is 11.0. The van der Waals surface area contributed by atoms with Gasteiger partial charge in [0.25, 0.3) is 0 Å². The van der Waals surface area contributed by atoms with Gasteiger partial charge in [0.05, 0.1) is 17.9 Å². The fourth-order valence-corrected chi connectivity index (χ4v) is 4.36. The van der Waals surface area contributed by atoms with Gasteiger partial charge in [0.15, 0.2) is 0 Å². The third kappa shape index (κ3) is 5.59. The van der Waals surface area contributed by atoms with E-state index in [0.717, 1.165) is 44.2 Å². The van der Waals surface area contributed by atoms with E-state index < -0.39 is 0 Å². The highest BCUT2D eigenvalue weighted by Gasteiger charge is 2.31. The number of hydrogen-bond acceptors (Lipinski definition) is 5. The Morgan fingerprint density at radius 2 is 1.75 bits per heavy atom. The lowest BCUT2D eigenvalue weighted by Gasteiger charge is -2.36. The molecule has 2 aliphatic heterocycles. The summed E-state index contributed by atoms with van der Waals surface area (Å²) in [6.45, 7) is 7.17. The molecule has 7 nitrogen and oxygen atoms in total. The van der Waals surface area contributed by atoms with Crippen molar-refractivity contribution in [3.8, 4) is 5.75 Å². The molecule has 2 amide bonds. The second kappa shape index (κ2) is 10.3. The summed E-state index contributed by atoms with van der Waals surface area (Å²) in [5.74, 6) is 0.786. The van der Waals surface area contributed by atoms with Gasteiger partial charge in [0.1, 0.15) is 12.4 Å². The van der Waals surface area contributed by atoms with E-state index in [-0.39, 0.29) is 17.9 Å². The predicted octanol–water partition coefficient (Wildman–Crippen LogP) is 3.10. The Morgan fingerprint density at radius 3 is 2.50 bits per heavy atom. The Labute approximate surface area is 193 Å². The van der Waals surface area contributed by atoms with Crippen LogP contribution in [0.2, 0.25) is 5.02 Å². The summed E-state index contributed by atoms with van der Waals surface area (Å²) in [7, 11) is 0. The standard InChI is InChI=1S/C24H29ClN4O3/c1-18-16-23(30)26-21-4-2-3-5-22(21)29(18)24(31)17-28-12-10-27(11-13-28)14-15-32-20-8-6-19(25)7-9-20/h2-9,18H,10-17H2,1H3,(H,26,30). The van der Waals surface area contributed by atoms with Gasteiger partial charge < -0.3 is 15.0 Å². The molecule has 0 aromatic heterocycles. The molecule has 4 rings (SSSR count). The molecule has 0 saturated carbocycles. The monoisotopic (exact) mass is 456 g/mol. The van der Waals surface area contributed by atoms with E-state index in [1.54, 1.807) is 4.90 Å². The number of fused-ring (bicyclic) bond motifs is 1. The maximum atomic E-state index is 13.2. The van der Waals surface area contributed by atoms with Crippen LogP contribution in [0.25, 0.3) is 0 Å². The molecule has 8 heteroatoms. The molecule has 0 aliphatic carbocycles. The molecule has 2 aromatic rings. The number of carbonyl (C=O) groups excluding carboxylic acids is 2. The number of para-hydroxylation sites is 2. The number of carbonyl (C=O) groups is 2. The first-order valence-corrected chi connectivity index (χ1v) is 11.4. The molecule has 1 atom stereocenters. The van der Waals surface area contributed by atoms with E-state index in [4.69, 9.17) is 16.3 Å². The molecular weight excluding hydrogens is 428 g/mol. The second-order valence-electron chi connectivity index (χ2n) is 8.30. The van der Waals surface area contributed by atoms with Crippen molar-refractivity contribution in [3.05, 3.63) is 53.6 Å². The number of hydrogen-bond donors (Lipinski definition) is 1. The van der Waals surface area contributed by atoms with Crippen LogP contribution in [-0.2, 0) is 9.59 Å². The summed E-state index contributed by atoms with van der Waals surface area (Å²) < 4.78 is 5.79. The number of halogens is 1. The third-order valence-electron chi connectivity index (χ3n) is 5.94. The molecule has 0 bridgehead atoms. The Morgan fingerprint density at radius 1 is 1.06 bits per heavy atom. The summed E-state index contributed by atoms with van der Waals surface area (Å²) in [5.41, 5.74) is 1.47. The fourth-order valence-electron chi connectivity index (χ4n) is 4.23. The maximum absolute atomic E-state index is 13.2. The minimum absolute atomic E-state index is 0.0287. The Hall–Kier alpha value is -2.61. The first-order chi connectivity index (χ1) is 15.5. The van der Waals surface area contributed by atoms with E-state index in [9.17, 15) is 9.59 Å². The highest BCUT2D eigenvalue weighted by atomic mass is 35.5. The zero-order chi connectivity index (χ0) is 22.5. The van der Waals surface area contributed by atoms with Gasteiger partial charge in [-0.05, 0) is 43.3 Å². The zero-order valence-corrected chi connectivity index (χ0v) is 19.1. The number of anilines is 2. The molecule has 2 aromatic carbocycles. The van der Waals surface area contributed by atoms with Crippen molar-refractivity contribution in [1.82, 2.24) is 9.80 Å². The summed E-state index contributed by atoms with van der Waals surface area (Å²) in [4.78, 5) is 31.7. The van der Waals surface area contributed by atoms with Crippen LogP contribution >= 0.6 is 11.6 Å². The van der Waals surface area contributed by atoms with Crippen LogP contribution in [0.4, 0.5) is 11.4 Å². The van der Waals surface area contributed by atoms with Crippen LogP contribution in [0.3, 0.4) is 0 Å². The van der Waals surface area contributed by atoms with Crippen LogP contribution in [0.5, 0.6) is 5.75 Å². The van der Waals surface area contributed by atoms with E-state index >= 15 is 0 Å². The smallest absolute Gasteiger partial charge is 0.241 e. The minimum atomic E-state index is -0.183. The average molecular weight is 457 g/mol. The number of rotatable bonds is 6. The third-order valence-corrected chi connectivity index (χ3v) is 6.19. The number of nitrogens with one attached hydrogen (secondary N) is 1. The van der Waals surface area contributed by atoms with Crippen LogP contribution < -0.4 is 15.0 Å². The predicted molar refractivity (Wildman–Crippen MR) is 126 cm³/mol. The van der Waals surface area contributed by atoms with Crippen LogP contribution in [0, 0.1) is 0 Å². The van der Waals surface area contributed by atoms with Crippen molar-refractivity contribution < 1.29 is 14.3 Å². The summed E-state index contributed by atoms with van der Waals surface area (Å²) in [6.07, 6.45) is 0.293. The molecule has 0 radical (unpaired) electrons. The zero-order valence-electron chi connectivity index (χ0n) is 18.3. The summed E-state index contributed by atoms with van der Waals surface area (Å²) in [6, 6.07) is 14.7. The normalized spacial score (nSPS) is 19.8. The number of nitrogens with zero attached hydrogens (tertiary/aromatic N) is 3. The molecule has 2 aliphatic rings. The summed E-state index contributed by atoms with van der Waals surface area (Å²) in [5, 5.41) is 3.61. The van der Waals surface area contributed by atoms with Gasteiger partial charge in [-0.25, -0.2) is 0 Å². The van der Waals surface area contributed by atoms with Gasteiger partial charge in [-0.3, -0.25) is 19.4 Å². The molecule has 1 saturated heterocycles. The van der Waals surface area contributed by atoms with E-state index in [1.165, 1.54) is 0 Å². The van der Waals surface area contributed by atoms with Crippen LogP contribution in [0.15, 0.2) is 48.5 Å². The Bertz CT molecular complexity index is 945. The first kappa shape index (κ1) is 22.6. The largest absolute Gasteiger partial charge is 0.492 e. The molecule has 1 N–H and O–H groups in total. The highest BCUT2D eigenvalue weighted by Crippen LogP contribution is 2.31. The fraction of sp³-hybridized carbons (Fsp3) is 0.417. The van der Waals surface area contributed by atoms with Crippen LogP contribution in [-0.4, -0.2) is 73.5 Å². The Balaban J connectivity index is 1.27. The lowest BCUT2D eigenvalue weighted by atomic mass is 10.1. The maximum Gasteiger partial charge on any atom is 0.241 e. The number of amides is 2. The molecule has 1 fully saturated rings. The van der Waals surface area contributed by atoms with Crippen molar-refractivity contribution >= 4 is 34.8 Å². The second-order valence-corrected chi connectivity index (χ2v) is 8.74. The van der Waals surface area contributed by atoms with Crippen molar-refractivity contribution in [2.24, 2.45) is 0 Å². The van der Waals surface area contributed by atoms with Gasteiger partial charge in [0, 0.05) is 50.2 Å². The Kier molecular flexibility index (Phi) is 7.29. The van der Waals surface area contributed by atoms with Crippen molar-refractivity contribution in [3.63, 3.8) is 0 Å². The lowest BCUT2D eigenvalue weighted by molar-refractivity contribution is -0.120. The van der Waals surface area contributed by atoms with Crippen molar-refractivity contribution in [2.45, 2.75) is 19.4 Å². The van der Waals surface area contributed by atoms with Crippen LogP contribution in [0.1, 0.15) is 13.3 Å². The van der Waals surface area contributed by atoms with Gasteiger partial charge in [-0.2, -0.15) is 0 Å². The van der Waals surface area contributed by atoms with Gasteiger partial charge >= 0.3 is 0 Å². The number of ether oxygens (including phenoxy) is 1. The minimum Gasteiger partial charge on any atom is -0.492 e. The number of piperazine rings is 1. The molecule has 170 valence electrons.